The maximum Gasteiger partial charge on any atom is 0.0590 e. The molecule has 1 aliphatic carbocycles. The summed E-state index contributed by atoms with van der Waals surface area (Å²) in [5, 5.41) is 2.79. The molecule has 2 atom stereocenters. The SMILES string of the molecule is COCCN(C(CN)c1cc(Cl)cs1)C(C)C1CC1. The first-order chi connectivity index (χ1) is 9.17. The van der Waals surface area contributed by atoms with Gasteiger partial charge in [-0.05, 0) is 31.7 Å². The van der Waals surface area contributed by atoms with E-state index in [0.29, 0.717) is 12.6 Å². The van der Waals surface area contributed by atoms with Gasteiger partial charge in [0.2, 0.25) is 0 Å². The van der Waals surface area contributed by atoms with E-state index in [1.54, 1.807) is 18.4 Å². The van der Waals surface area contributed by atoms with Gasteiger partial charge in [-0.15, -0.1) is 11.3 Å². The zero-order valence-corrected chi connectivity index (χ0v) is 13.2. The van der Waals surface area contributed by atoms with Crippen LogP contribution in [0.25, 0.3) is 0 Å². The third-order valence-electron chi connectivity index (χ3n) is 3.92. The van der Waals surface area contributed by atoms with Crippen molar-refractivity contribution >= 4 is 22.9 Å². The Bertz CT molecular complexity index is 395. The van der Waals surface area contributed by atoms with Crippen molar-refractivity contribution in [3.63, 3.8) is 0 Å². The fraction of sp³-hybridized carbons (Fsp3) is 0.714. The lowest BCUT2D eigenvalue weighted by Gasteiger charge is -2.35. The summed E-state index contributed by atoms with van der Waals surface area (Å²) in [6.45, 7) is 4.60. The number of ether oxygens (including phenoxy) is 1. The van der Waals surface area contributed by atoms with Gasteiger partial charge in [0.15, 0.2) is 0 Å². The van der Waals surface area contributed by atoms with Crippen LogP contribution >= 0.6 is 22.9 Å². The molecule has 0 saturated heterocycles. The summed E-state index contributed by atoms with van der Waals surface area (Å²) >= 11 is 7.75. The van der Waals surface area contributed by atoms with Crippen molar-refractivity contribution in [3.05, 3.63) is 21.3 Å². The quantitative estimate of drug-likeness (QED) is 0.802. The molecule has 2 rings (SSSR count). The van der Waals surface area contributed by atoms with Gasteiger partial charge in [0, 0.05) is 36.5 Å². The first-order valence-corrected chi connectivity index (χ1v) is 8.11. The van der Waals surface area contributed by atoms with Crippen LogP contribution in [0.1, 0.15) is 30.7 Å². The Morgan fingerprint density at radius 2 is 2.32 bits per heavy atom. The molecule has 108 valence electrons. The van der Waals surface area contributed by atoms with Crippen LogP contribution in [-0.4, -0.2) is 37.7 Å². The van der Waals surface area contributed by atoms with Gasteiger partial charge in [0.05, 0.1) is 17.7 Å². The molecule has 1 aromatic heterocycles. The lowest BCUT2D eigenvalue weighted by Crippen LogP contribution is -2.42. The highest BCUT2D eigenvalue weighted by Crippen LogP contribution is 2.39. The number of hydrogen-bond acceptors (Lipinski definition) is 4. The van der Waals surface area contributed by atoms with Crippen LogP contribution in [0.15, 0.2) is 11.4 Å². The van der Waals surface area contributed by atoms with Crippen molar-refractivity contribution in [2.45, 2.75) is 31.8 Å². The van der Waals surface area contributed by atoms with Gasteiger partial charge < -0.3 is 10.5 Å². The van der Waals surface area contributed by atoms with Gasteiger partial charge in [-0.2, -0.15) is 0 Å². The predicted octanol–water partition coefficient (Wildman–Crippen LogP) is 3.15. The topological polar surface area (TPSA) is 38.5 Å². The predicted molar refractivity (Wildman–Crippen MR) is 81.9 cm³/mol. The van der Waals surface area contributed by atoms with E-state index in [-0.39, 0.29) is 6.04 Å². The fourth-order valence-corrected chi connectivity index (χ4v) is 3.82. The average Bonchev–Trinajstić information content (AvgIpc) is 3.17. The Morgan fingerprint density at radius 1 is 1.58 bits per heavy atom. The molecule has 0 amide bonds. The van der Waals surface area contributed by atoms with E-state index < -0.39 is 0 Å². The highest BCUT2D eigenvalue weighted by atomic mass is 35.5. The van der Waals surface area contributed by atoms with Crippen LogP contribution in [0, 0.1) is 5.92 Å². The lowest BCUT2D eigenvalue weighted by molar-refractivity contribution is 0.0847. The van der Waals surface area contributed by atoms with Gasteiger partial charge in [-0.1, -0.05) is 11.6 Å². The van der Waals surface area contributed by atoms with Gasteiger partial charge in [-0.3, -0.25) is 4.90 Å². The van der Waals surface area contributed by atoms with E-state index >= 15 is 0 Å². The van der Waals surface area contributed by atoms with Crippen LogP contribution in [0.3, 0.4) is 0 Å². The zero-order valence-electron chi connectivity index (χ0n) is 11.6. The van der Waals surface area contributed by atoms with Gasteiger partial charge >= 0.3 is 0 Å². The second-order valence-corrected chi connectivity index (χ2v) is 6.61. The molecular formula is C14H23ClN2OS. The summed E-state index contributed by atoms with van der Waals surface area (Å²) in [7, 11) is 1.75. The zero-order chi connectivity index (χ0) is 13.8. The maximum absolute atomic E-state index is 6.05. The van der Waals surface area contributed by atoms with Gasteiger partial charge in [0.1, 0.15) is 0 Å². The van der Waals surface area contributed by atoms with Crippen molar-refractivity contribution < 1.29 is 4.74 Å². The molecule has 0 bridgehead atoms. The second kappa shape index (κ2) is 7.04. The molecular weight excluding hydrogens is 280 g/mol. The fourth-order valence-electron chi connectivity index (χ4n) is 2.61. The van der Waals surface area contributed by atoms with Crippen molar-refractivity contribution in [1.82, 2.24) is 4.90 Å². The smallest absolute Gasteiger partial charge is 0.0590 e. The molecule has 0 spiro atoms. The number of thiophene rings is 1. The Balaban J connectivity index is 2.13. The summed E-state index contributed by atoms with van der Waals surface area (Å²) in [6.07, 6.45) is 2.68. The Morgan fingerprint density at radius 3 is 2.79 bits per heavy atom. The first kappa shape index (κ1) is 15.3. The Labute approximate surface area is 124 Å². The van der Waals surface area contributed by atoms with Crippen LogP contribution < -0.4 is 5.73 Å². The van der Waals surface area contributed by atoms with Gasteiger partial charge in [0.25, 0.3) is 0 Å². The van der Waals surface area contributed by atoms with Crippen LogP contribution in [0.4, 0.5) is 0 Å². The summed E-state index contributed by atoms with van der Waals surface area (Å²) in [6, 6.07) is 2.86. The van der Waals surface area contributed by atoms with E-state index in [1.165, 1.54) is 17.7 Å². The highest BCUT2D eigenvalue weighted by Gasteiger charge is 2.35. The van der Waals surface area contributed by atoms with Crippen molar-refractivity contribution in [2.24, 2.45) is 11.7 Å². The molecule has 2 N–H and O–H groups in total. The Hall–Kier alpha value is -0.130. The minimum absolute atomic E-state index is 0.253. The second-order valence-electron chi connectivity index (χ2n) is 5.23. The van der Waals surface area contributed by atoms with E-state index in [1.807, 2.05) is 11.4 Å². The average molecular weight is 303 g/mol. The molecule has 19 heavy (non-hydrogen) atoms. The molecule has 1 aromatic rings. The standard InChI is InChI=1S/C14H23ClN2OS/c1-10(11-3-4-11)17(5-6-18-2)13(8-16)14-7-12(15)9-19-14/h7,9-11,13H,3-6,8,16H2,1-2H3. The lowest BCUT2D eigenvalue weighted by atomic mass is 10.1. The molecule has 1 fully saturated rings. The van der Waals surface area contributed by atoms with E-state index in [0.717, 1.165) is 24.1 Å². The molecule has 1 aliphatic rings. The number of rotatable bonds is 8. The number of nitrogens with zero attached hydrogens (tertiary/aromatic N) is 1. The molecule has 0 radical (unpaired) electrons. The number of methoxy groups -OCH3 is 1. The van der Waals surface area contributed by atoms with Crippen molar-refractivity contribution in [2.75, 3.05) is 26.8 Å². The van der Waals surface area contributed by atoms with Crippen molar-refractivity contribution in [1.29, 1.82) is 0 Å². The molecule has 5 heteroatoms. The number of hydrogen-bond donors (Lipinski definition) is 1. The molecule has 0 aromatic carbocycles. The Kier molecular flexibility index (Phi) is 5.66. The highest BCUT2D eigenvalue weighted by molar-refractivity contribution is 7.10. The third kappa shape index (κ3) is 3.92. The minimum atomic E-state index is 0.253. The molecule has 1 saturated carbocycles. The van der Waals surface area contributed by atoms with E-state index in [2.05, 4.69) is 11.8 Å². The van der Waals surface area contributed by atoms with Crippen LogP contribution in [-0.2, 0) is 4.74 Å². The summed E-state index contributed by atoms with van der Waals surface area (Å²) in [5.74, 6) is 0.821. The largest absolute Gasteiger partial charge is 0.383 e. The van der Waals surface area contributed by atoms with Crippen LogP contribution in [0.5, 0.6) is 0 Å². The summed E-state index contributed by atoms with van der Waals surface area (Å²) in [5.41, 5.74) is 6.03. The van der Waals surface area contributed by atoms with E-state index in [9.17, 15) is 0 Å². The summed E-state index contributed by atoms with van der Waals surface area (Å²) in [4.78, 5) is 3.75. The number of nitrogens with two attached hydrogens (primary N) is 1. The first-order valence-electron chi connectivity index (χ1n) is 6.86. The normalized spacial score (nSPS) is 18.8. The van der Waals surface area contributed by atoms with Crippen LogP contribution in [0.2, 0.25) is 5.02 Å². The monoisotopic (exact) mass is 302 g/mol. The maximum atomic E-state index is 6.05. The minimum Gasteiger partial charge on any atom is -0.383 e. The molecule has 3 nitrogen and oxygen atoms in total. The molecule has 0 aliphatic heterocycles. The van der Waals surface area contributed by atoms with Crippen molar-refractivity contribution in [3.8, 4) is 0 Å². The number of halogens is 1. The van der Waals surface area contributed by atoms with Gasteiger partial charge in [-0.25, -0.2) is 0 Å². The molecule has 1 heterocycles. The summed E-state index contributed by atoms with van der Waals surface area (Å²) < 4.78 is 5.25. The van der Waals surface area contributed by atoms with E-state index in [4.69, 9.17) is 22.1 Å². The molecule has 2 unspecified atom stereocenters. The third-order valence-corrected chi connectivity index (χ3v) is 5.30.